The maximum Gasteiger partial charge on any atom is 0.407 e. The largest absolute Gasteiger partial charge is 0.476 e. The molecule has 0 saturated heterocycles. The van der Waals surface area contributed by atoms with E-state index in [-0.39, 0.29) is 47.5 Å². The average Bonchev–Trinajstić information content (AvgIpc) is 3.70. The molecule has 2 aromatic rings. The van der Waals surface area contributed by atoms with E-state index in [4.69, 9.17) is 19.7 Å². The summed E-state index contributed by atoms with van der Waals surface area (Å²) in [6, 6.07) is 0.231. The number of thiazole rings is 2. The van der Waals surface area contributed by atoms with Crippen LogP contribution in [0.4, 0.5) is 9.59 Å². The normalized spacial score (nSPS) is 20.5. The molecule has 0 radical (unpaired) electrons. The number of aromatic nitrogens is 2. The second-order valence-electron chi connectivity index (χ2n) is 13.1. The third-order valence-corrected chi connectivity index (χ3v) is 9.09. The molecule has 0 aliphatic heterocycles. The molecular weight excluding hydrogens is 657 g/mol. The summed E-state index contributed by atoms with van der Waals surface area (Å²) in [6.07, 6.45) is 6.24. The summed E-state index contributed by atoms with van der Waals surface area (Å²) in [5.41, 5.74) is -0.742. The van der Waals surface area contributed by atoms with Crippen LogP contribution in [-0.2, 0) is 9.47 Å². The first kappa shape index (κ1) is 42.8. The van der Waals surface area contributed by atoms with Crippen molar-refractivity contribution in [2.45, 2.75) is 156 Å². The van der Waals surface area contributed by atoms with Crippen molar-refractivity contribution in [1.29, 1.82) is 0 Å². The van der Waals surface area contributed by atoms with Crippen LogP contribution in [0.5, 0.6) is 0 Å². The molecule has 0 atom stereocenters. The lowest BCUT2D eigenvalue weighted by Crippen LogP contribution is -2.40. The molecule has 4 rings (SSSR count). The number of carboxylic acids is 2. The minimum atomic E-state index is -0.984. The van der Waals surface area contributed by atoms with Crippen LogP contribution in [0.2, 0.25) is 0 Å². The Labute approximate surface area is 293 Å². The number of amides is 2. The summed E-state index contributed by atoms with van der Waals surface area (Å²) >= 11 is 2.81. The molecule has 0 spiro atoms. The second-order valence-corrected chi connectivity index (χ2v) is 14.9. The second kappa shape index (κ2) is 20.3. The molecule has 2 aliphatic rings. The van der Waals surface area contributed by atoms with Gasteiger partial charge in [-0.25, -0.2) is 29.1 Å². The third-order valence-electron chi connectivity index (χ3n) is 7.08. The van der Waals surface area contributed by atoms with Gasteiger partial charge in [0.2, 0.25) is 0 Å². The van der Waals surface area contributed by atoms with Crippen LogP contribution in [0.25, 0.3) is 0 Å². The molecular formula is C34H56N4O8S2. The highest BCUT2D eigenvalue weighted by atomic mass is 32.1. The van der Waals surface area contributed by atoms with E-state index in [9.17, 15) is 19.2 Å². The van der Waals surface area contributed by atoms with Crippen LogP contribution in [-0.4, -0.2) is 67.6 Å². The molecule has 0 aromatic carbocycles. The van der Waals surface area contributed by atoms with Gasteiger partial charge in [0.05, 0.1) is 10.0 Å². The van der Waals surface area contributed by atoms with Crippen molar-refractivity contribution in [2.24, 2.45) is 0 Å². The highest BCUT2D eigenvalue weighted by Gasteiger charge is 2.29. The van der Waals surface area contributed by atoms with Crippen molar-refractivity contribution in [3.8, 4) is 0 Å². The number of rotatable bonds is 6. The van der Waals surface area contributed by atoms with Crippen molar-refractivity contribution in [3.05, 3.63) is 32.2 Å². The van der Waals surface area contributed by atoms with E-state index in [1.165, 1.54) is 22.7 Å². The number of aromatic carboxylic acids is 2. The van der Waals surface area contributed by atoms with Crippen molar-refractivity contribution < 1.29 is 38.9 Å². The molecule has 48 heavy (non-hydrogen) atoms. The van der Waals surface area contributed by atoms with Crippen molar-refractivity contribution >= 4 is 46.8 Å². The Morgan fingerprint density at radius 2 is 0.917 bits per heavy atom. The van der Waals surface area contributed by atoms with Crippen LogP contribution < -0.4 is 10.6 Å². The van der Waals surface area contributed by atoms with E-state index >= 15 is 0 Å². The van der Waals surface area contributed by atoms with Gasteiger partial charge in [0.15, 0.2) is 11.4 Å². The Morgan fingerprint density at radius 1 is 0.625 bits per heavy atom. The molecule has 2 aliphatic carbocycles. The molecule has 0 unspecified atom stereocenters. The Balaban J connectivity index is 0.000000435. The first-order valence-corrected chi connectivity index (χ1v) is 18.6. The van der Waals surface area contributed by atoms with Gasteiger partial charge >= 0.3 is 24.1 Å². The van der Waals surface area contributed by atoms with E-state index in [0.29, 0.717) is 0 Å². The molecule has 4 N–H and O–H groups in total. The molecule has 2 heterocycles. The van der Waals surface area contributed by atoms with Gasteiger partial charge in [-0.2, -0.15) is 0 Å². The van der Waals surface area contributed by atoms with Crippen LogP contribution in [0.1, 0.15) is 163 Å². The predicted molar refractivity (Wildman–Crippen MR) is 190 cm³/mol. The van der Waals surface area contributed by atoms with Crippen LogP contribution in [0.3, 0.4) is 0 Å². The minimum absolute atomic E-state index is 0.116. The van der Waals surface area contributed by atoms with E-state index in [1.54, 1.807) is 10.8 Å². The molecule has 2 saturated carbocycles. The molecule has 2 amide bonds. The molecule has 14 heteroatoms. The van der Waals surface area contributed by atoms with Gasteiger partial charge in [-0.1, -0.05) is 27.7 Å². The smallest absolute Gasteiger partial charge is 0.407 e. The average molecular weight is 713 g/mol. The zero-order valence-electron chi connectivity index (χ0n) is 30.2. The highest BCUT2D eigenvalue weighted by Crippen LogP contribution is 2.35. The number of carboxylic acid groups (broad SMARTS) is 2. The van der Waals surface area contributed by atoms with Crippen LogP contribution in [0, 0.1) is 0 Å². The lowest BCUT2D eigenvalue weighted by atomic mass is 9.86. The number of nitrogens with zero attached hydrogens (tertiary/aromatic N) is 2. The zero-order valence-corrected chi connectivity index (χ0v) is 31.8. The van der Waals surface area contributed by atoms with Crippen molar-refractivity contribution in [2.75, 3.05) is 0 Å². The van der Waals surface area contributed by atoms with Crippen LogP contribution >= 0.6 is 22.7 Å². The number of hydrogen-bond acceptors (Lipinski definition) is 10. The SMILES string of the molecule is CC.CC.CC(C)(C)OC(=O)NC1CCC(c2nc(C(=O)O)cs2)CC1.CC(C)(C)OC(=O)NC1CCC(c2nc(C(=O)O)cs2)CC1. The number of carbonyl (C=O) groups excluding carboxylic acids is 2. The molecule has 0 bridgehead atoms. The van der Waals surface area contributed by atoms with Gasteiger partial charge in [0.25, 0.3) is 0 Å². The Kier molecular flexibility index (Phi) is 18.1. The molecule has 2 aromatic heterocycles. The lowest BCUT2D eigenvalue weighted by Gasteiger charge is -2.29. The molecule has 2 fully saturated rings. The minimum Gasteiger partial charge on any atom is -0.476 e. The summed E-state index contributed by atoms with van der Waals surface area (Å²) in [7, 11) is 0. The summed E-state index contributed by atoms with van der Waals surface area (Å²) in [6.45, 7) is 19.0. The fraction of sp³-hybridized carbons (Fsp3) is 0.706. The standard InChI is InChI=1S/2C15H22N2O4S.2C2H6/c2*1-15(2,3)21-14(20)16-10-6-4-9(5-7-10)12-17-11(8-22-12)13(18)19;2*1-2/h2*8-10H,4-7H2,1-3H3,(H,16,20)(H,18,19);2*1-2H3. The highest BCUT2D eigenvalue weighted by molar-refractivity contribution is 7.10. The first-order chi connectivity index (χ1) is 22.5. The topological polar surface area (TPSA) is 177 Å². The van der Waals surface area contributed by atoms with Gasteiger partial charge in [0, 0.05) is 34.7 Å². The van der Waals surface area contributed by atoms with Crippen molar-refractivity contribution in [1.82, 2.24) is 20.6 Å². The summed E-state index contributed by atoms with van der Waals surface area (Å²) in [5.74, 6) is -1.39. The Bertz CT molecular complexity index is 1180. The van der Waals surface area contributed by atoms with Gasteiger partial charge in [-0.05, 0) is 92.9 Å². The number of carbonyl (C=O) groups is 4. The molecule has 272 valence electrons. The summed E-state index contributed by atoms with van der Waals surface area (Å²) in [4.78, 5) is 53.6. The zero-order chi connectivity index (χ0) is 36.7. The Morgan fingerprint density at radius 3 is 1.15 bits per heavy atom. The van der Waals surface area contributed by atoms with Gasteiger partial charge in [0.1, 0.15) is 11.2 Å². The summed E-state index contributed by atoms with van der Waals surface area (Å²) < 4.78 is 10.5. The van der Waals surface area contributed by atoms with Gasteiger partial charge in [-0.3, -0.25) is 0 Å². The van der Waals surface area contributed by atoms with Crippen LogP contribution in [0.15, 0.2) is 10.8 Å². The number of alkyl carbamates (subject to hydrolysis) is 2. The third kappa shape index (κ3) is 15.8. The summed E-state index contributed by atoms with van der Waals surface area (Å²) in [5, 5.41) is 28.6. The van der Waals surface area contributed by atoms with Gasteiger partial charge < -0.3 is 30.3 Å². The fourth-order valence-electron chi connectivity index (χ4n) is 5.06. The van der Waals surface area contributed by atoms with Crippen molar-refractivity contribution in [3.63, 3.8) is 0 Å². The van der Waals surface area contributed by atoms with E-state index < -0.39 is 23.1 Å². The lowest BCUT2D eigenvalue weighted by molar-refractivity contribution is 0.0479. The maximum atomic E-state index is 11.7. The number of ether oxygens (including phenoxy) is 2. The maximum absolute atomic E-state index is 11.7. The van der Waals surface area contributed by atoms with E-state index in [0.717, 1.165) is 61.4 Å². The monoisotopic (exact) mass is 712 g/mol. The van der Waals surface area contributed by atoms with E-state index in [1.807, 2.05) is 69.2 Å². The number of nitrogens with one attached hydrogen (secondary N) is 2. The van der Waals surface area contributed by atoms with Gasteiger partial charge in [-0.15, -0.1) is 22.7 Å². The first-order valence-electron chi connectivity index (χ1n) is 16.9. The predicted octanol–water partition coefficient (Wildman–Crippen LogP) is 8.84. The number of hydrogen-bond donors (Lipinski definition) is 4. The Hall–Kier alpha value is -3.26. The fourth-order valence-corrected chi connectivity index (χ4v) is 6.99. The quantitative estimate of drug-likeness (QED) is 0.226. The van der Waals surface area contributed by atoms with E-state index in [2.05, 4.69) is 20.6 Å². The molecule has 12 nitrogen and oxygen atoms in total.